The van der Waals surface area contributed by atoms with Crippen molar-refractivity contribution in [3.8, 4) is 0 Å². The fraction of sp³-hybridized carbons (Fsp3) is 0.900. The van der Waals surface area contributed by atoms with Gasteiger partial charge in [0.05, 0.1) is 5.60 Å². The van der Waals surface area contributed by atoms with Gasteiger partial charge in [0.2, 0.25) is 5.91 Å². The van der Waals surface area contributed by atoms with Crippen molar-refractivity contribution in [2.45, 2.75) is 44.8 Å². The van der Waals surface area contributed by atoms with Crippen LogP contribution in [0.25, 0.3) is 0 Å². The Balaban J connectivity index is 0.00000196. The number of carbonyl (C=O) groups is 1. The summed E-state index contributed by atoms with van der Waals surface area (Å²) in [6, 6.07) is -0.0766. The Labute approximate surface area is 97.3 Å². The molecule has 2 atom stereocenters. The van der Waals surface area contributed by atoms with E-state index in [4.69, 9.17) is 10.5 Å². The van der Waals surface area contributed by atoms with Crippen molar-refractivity contribution in [1.82, 2.24) is 5.32 Å². The zero-order valence-electron chi connectivity index (χ0n) is 9.41. The van der Waals surface area contributed by atoms with E-state index in [0.29, 0.717) is 13.0 Å². The molecule has 90 valence electrons. The van der Waals surface area contributed by atoms with Crippen LogP contribution in [-0.4, -0.2) is 30.7 Å². The minimum absolute atomic E-state index is 0. The molecule has 0 saturated carbocycles. The zero-order chi connectivity index (χ0) is 10.6. The molecular weight excluding hydrogens is 216 g/mol. The molecule has 1 amide bonds. The SMILES string of the molecule is CC(N)CC(=O)NCC1(C)CCCO1.Cl. The summed E-state index contributed by atoms with van der Waals surface area (Å²) in [7, 11) is 0. The molecule has 3 N–H and O–H groups in total. The fourth-order valence-electron chi connectivity index (χ4n) is 1.63. The van der Waals surface area contributed by atoms with Crippen LogP contribution in [0.4, 0.5) is 0 Å². The molecule has 0 bridgehead atoms. The molecular formula is C10H21ClN2O2. The van der Waals surface area contributed by atoms with Crippen molar-refractivity contribution in [2.75, 3.05) is 13.2 Å². The molecule has 2 unspecified atom stereocenters. The van der Waals surface area contributed by atoms with Crippen molar-refractivity contribution in [2.24, 2.45) is 5.73 Å². The Morgan fingerprint density at radius 2 is 2.33 bits per heavy atom. The molecule has 15 heavy (non-hydrogen) atoms. The van der Waals surface area contributed by atoms with Crippen LogP contribution in [0.3, 0.4) is 0 Å². The Bertz CT molecular complexity index is 204. The Hall–Kier alpha value is -0.320. The average molecular weight is 237 g/mol. The van der Waals surface area contributed by atoms with Gasteiger partial charge in [-0.2, -0.15) is 0 Å². The zero-order valence-corrected chi connectivity index (χ0v) is 10.2. The summed E-state index contributed by atoms with van der Waals surface area (Å²) in [5.74, 6) is 0.0109. The number of hydrogen-bond donors (Lipinski definition) is 2. The van der Waals surface area contributed by atoms with Gasteiger partial charge in [-0.3, -0.25) is 4.79 Å². The van der Waals surface area contributed by atoms with Crippen molar-refractivity contribution in [3.05, 3.63) is 0 Å². The smallest absolute Gasteiger partial charge is 0.221 e. The van der Waals surface area contributed by atoms with E-state index in [1.165, 1.54) is 0 Å². The number of nitrogens with one attached hydrogen (secondary N) is 1. The summed E-state index contributed by atoms with van der Waals surface area (Å²) in [5.41, 5.74) is 5.36. The first-order valence-corrected chi connectivity index (χ1v) is 5.18. The van der Waals surface area contributed by atoms with Crippen LogP contribution in [0.5, 0.6) is 0 Å². The maximum atomic E-state index is 11.3. The van der Waals surface area contributed by atoms with Crippen molar-refractivity contribution in [3.63, 3.8) is 0 Å². The van der Waals surface area contributed by atoms with E-state index in [0.717, 1.165) is 19.4 Å². The largest absolute Gasteiger partial charge is 0.373 e. The molecule has 1 saturated heterocycles. The maximum Gasteiger partial charge on any atom is 0.221 e. The standard InChI is InChI=1S/C10H20N2O2.ClH/c1-8(11)6-9(13)12-7-10(2)4-3-5-14-10;/h8H,3-7,11H2,1-2H3,(H,12,13);1H. The number of ether oxygens (including phenoxy) is 1. The molecule has 1 rings (SSSR count). The first-order chi connectivity index (χ1) is 6.52. The van der Waals surface area contributed by atoms with E-state index in [1.54, 1.807) is 0 Å². The molecule has 0 aliphatic carbocycles. The molecule has 0 aromatic heterocycles. The van der Waals surface area contributed by atoms with Gasteiger partial charge < -0.3 is 15.8 Å². The van der Waals surface area contributed by atoms with Crippen molar-refractivity contribution in [1.29, 1.82) is 0 Å². The molecule has 0 aromatic carbocycles. The molecule has 1 aliphatic rings. The molecule has 1 heterocycles. The molecule has 5 heteroatoms. The van der Waals surface area contributed by atoms with Crippen LogP contribution in [0.1, 0.15) is 33.1 Å². The second kappa shape index (κ2) is 6.30. The lowest BCUT2D eigenvalue weighted by Gasteiger charge is -2.23. The van der Waals surface area contributed by atoms with E-state index in [9.17, 15) is 4.79 Å². The second-order valence-corrected chi connectivity index (χ2v) is 4.36. The molecule has 1 fully saturated rings. The average Bonchev–Trinajstić information content (AvgIpc) is 2.49. The van der Waals surface area contributed by atoms with Crippen LogP contribution < -0.4 is 11.1 Å². The van der Waals surface area contributed by atoms with Gasteiger partial charge in [-0.15, -0.1) is 12.4 Å². The highest BCUT2D eigenvalue weighted by Gasteiger charge is 2.29. The number of hydrogen-bond acceptors (Lipinski definition) is 3. The van der Waals surface area contributed by atoms with E-state index in [1.807, 2.05) is 13.8 Å². The summed E-state index contributed by atoms with van der Waals surface area (Å²) < 4.78 is 5.55. The van der Waals surface area contributed by atoms with Gasteiger partial charge in [-0.25, -0.2) is 0 Å². The third kappa shape index (κ3) is 5.35. The predicted molar refractivity (Wildman–Crippen MR) is 62.1 cm³/mol. The lowest BCUT2D eigenvalue weighted by molar-refractivity contribution is -0.122. The van der Waals surface area contributed by atoms with Crippen LogP contribution in [0.2, 0.25) is 0 Å². The molecule has 0 spiro atoms. The highest BCUT2D eigenvalue weighted by molar-refractivity contribution is 5.85. The van der Waals surface area contributed by atoms with E-state index < -0.39 is 0 Å². The summed E-state index contributed by atoms with van der Waals surface area (Å²) in [6.07, 6.45) is 2.49. The topological polar surface area (TPSA) is 64.4 Å². The van der Waals surface area contributed by atoms with Gasteiger partial charge in [-0.1, -0.05) is 0 Å². The Morgan fingerprint density at radius 3 is 2.80 bits per heavy atom. The third-order valence-electron chi connectivity index (χ3n) is 2.47. The Morgan fingerprint density at radius 1 is 1.67 bits per heavy atom. The van der Waals surface area contributed by atoms with Gasteiger partial charge in [0.1, 0.15) is 0 Å². The quantitative estimate of drug-likeness (QED) is 0.760. The van der Waals surface area contributed by atoms with Crippen molar-refractivity contribution >= 4 is 18.3 Å². The second-order valence-electron chi connectivity index (χ2n) is 4.36. The summed E-state index contributed by atoms with van der Waals surface area (Å²) in [5, 5.41) is 2.85. The van der Waals surface area contributed by atoms with E-state index >= 15 is 0 Å². The van der Waals surface area contributed by atoms with Crippen LogP contribution >= 0.6 is 12.4 Å². The number of halogens is 1. The fourth-order valence-corrected chi connectivity index (χ4v) is 1.63. The summed E-state index contributed by atoms with van der Waals surface area (Å²) >= 11 is 0. The summed E-state index contributed by atoms with van der Waals surface area (Å²) in [6.45, 7) is 5.26. The van der Waals surface area contributed by atoms with Gasteiger partial charge in [0.25, 0.3) is 0 Å². The first-order valence-electron chi connectivity index (χ1n) is 5.18. The Kier molecular flexibility index (Phi) is 6.17. The number of carbonyl (C=O) groups excluding carboxylic acids is 1. The monoisotopic (exact) mass is 236 g/mol. The van der Waals surface area contributed by atoms with Gasteiger partial charge in [0, 0.05) is 25.6 Å². The lowest BCUT2D eigenvalue weighted by Crippen LogP contribution is -2.41. The minimum atomic E-state index is -0.159. The van der Waals surface area contributed by atoms with Gasteiger partial charge in [-0.05, 0) is 26.7 Å². The third-order valence-corrected chi connectivity index (χ3v) is 2.47. The van der Waals surface area contributed by atoms with Gasteiger partial charge >= 0.3 is 0 Å². The van der Waals surface area contributed by atoms with Crippen LogP contribution in [-0.2, 0) is 9.53 Å². The minimum Gasteiger partial charge on any atom is -0.373 e. The maximum absolute atomic E-state index is 11.3. The molecule has 4 nitrogen and oxygen atoms in total. The molecule has 1 aliphatic heterocycles. The highest BCUT2D eigenvalue weighted by atomic mass is 35.5. The van der Waals surface area contributed by atoms with Gasteiger partial charge in [0.15, 0.2) is 0 Å². The van der Waals surface area contributed by atoms with Crippen molar-refractivity contribution < 1.29 is 9.53 Å². The van der Waals surface area contributed by atoms with E-state index in [2.05, 4.69) is 5.32 Å². The number of rotatable bonds is 4. The predicted octanol–water partition coefficient (Wildman–Crippen LogP) is 0.831. The number of nitrogens with two attached hydrogens (primary N) is 1. The molecule has 0 radical (unpaired) electrons. The van der Waals surface area contributed by atoms with E-state index in [-0.39, 0.29) is 30.0 Å². The lowest BCUT2D eigenvalue weighted by atomic mass is 10.0. The highest BCUT2D eigenvalue weighted by Crippen LogP contribution is 2.23. The molecule has 0 aromatic rings. The number of amides is 1. The van der Waals surface area contributed by atoms with Crippen LogP contribution in [0.15, 0.2) is 0 Å². The summed E-state index contributed by atoms with van der Waals surface area (Å²) in [4.78, 5) is 11.3. The normalized spacial score (nSPS) is 26.9. The van der Waals surface area contributed by atoms with Crippen LogP contribution in [0, 0.1) is 0 Å². The first kappa shape index (κ1) is 14.7.